The van der Waals surface area contributed by atoms with Crippen LogP contribution in [0.2, 0.25) is 0 Å². The fourth-order valence-electron chi connectivity index (χ4n) is 2.54. The number of nitrogens with one attached hydrogen (secondary N) is 1. The molecule has 0 atom stereocenters. The molecular weight excluding hydrogens is 264 g/mol. The zero-order chi connectivity index (χ0) is 14.8. The van der Waals surface area contributed by atoms with Crippen LogP contribution in [0.1, 0.15) is 54.4 Å². The molecule has 0 saturated heterocycles. The van der Waals surface area contributed by atoms with E-state index in [-0.39, 0.29) is 5.91 Å². The van der Waals surface area contributed by atoms with E-state index in [1.807, 2.05) is 16.8 Å². The summed E-state index contributed by atoms with van der Waals surface area (Å²) >= 11 is 0. The summed E-state index contributed by atoms with van der Waals surface area (Å²) in [5.74, 6) is 0.821. The molecule has 1 aliphatic rings. The van der Waals surface area contributed by atoms with Gasteiger partial charge in [0.15, 0.2) is 5.82 Å². The molecule has 0 bridgehead atoms. The van der Waals surface area contributed by atoms with Crippen LogP contribution in [0, 0.1) is 0 Å². The van der Waals surface area contributed by atoms with Crippen molar-refractivity contribution >= 4 is 11.7 Å². The second-order valence-corrected chi connectivity index (χ2v) is 5.79. The van der Waals surface area contributed by atoms with E-state index >= 15 is 0 Å². The predicted molar refractivity (Wildman–Crippen MR) is 81.4 cm³/mol. The first-order valence-electron chi connectivity index (χ1n) is 7.47. The van der Waals surface area contributed by atoms with E-state index in [9.17, 15) is 4.79 Å². The summed E-state index contributed by atoms with van der Waals surface area (Å²) < 4.78 is 1.98. The van der Waals surface area contributed by atoms with Crippen molar-refractivity contribution in [3.8, 4) is 0 Å². The highest BCUT2D eigenvalue weighted by Crippen LogP contribution is 2.18. The molecule has 0 radical (unpaired) electrons. The predicted octanol–water partition coefficient (Wildman–Crippen LogP) is 2.99. The van der Waals surface area contributed by atoms with Crippen molar-refractivity contribution in [2.75, 3.05) is 5.32 Å². The Kier molecular flexibility index (Phi) is 3.73. The second-order valence-electron chi connectivity index (χ2n) is 5.79. The lowest BCUT2D eigenvalue weighted by atomic mass is 10.1. The van der Waals surface area contributed by atoms with Crippen LogP contribution in [-0.4, -0.2) is 20.7 Å². The standard InChI is InChI=1S/C16H20N4O/c1-11(2)12-6-7-14(17-10-12)16(21)18-15-9-13-5-3-4-8-20(13)19-15/h6-7,9-11H,3-5,8H2,1-2H3,(H,18,19,21). The van der Waals surface area contributed by atoms with E-state index in [0.717, 1.165) is 24.9 Å². The molecule has 2 aromatic heterocycles. The molecule has 0 unspecified atom stereocenters. The third kappa shape index (κ3) is 2.96. The number of hydrogen-bond donors (Lipinski definition) is 1. The molecule has 0 aliphatic carbocycles. The van der Waals surface area contributed by atoms with Crippen molar-refractivity contribution in [2.45, 2.75) is 45.6 Å². The van der Waals surface area contributed by atoms with E-state index in [1.54, 1.807) is 12.3 Å². The monoisotopic (exact) mass is 284 g/mol. The molecule has 110 valence electrons. The Morgan fingerprint density at radius 3 is 2.86 bits per heavy atom. The van der Waals surface area contributed by atoms with E-state index in [4.69, 9.17) is 0 Å². The number of rotatable bonds is 3. The molecule has 5 heteroatoms. The third-order valence-electron chi connectivity index (χ3n) is 3.84. The summed E-state index contributed by atoms with van der Waals surface area (Å²) in [7, 11) is 0. The Bertz CT molecular complexity index is 619. The molecule has 5 nitrogen and oxygen atoms in total. The number of amides is 1. The van der Waals surface area contributed by atoms with Crippen LogP contribution < -0.4 is 5.32 Å². The van der Waals surface area contributed by atoms with Crippen LogP contribution in [0.25, 0.3) is 0 Å². The van der Waals surface area contributed by atoms with Gasteiger partial charge in [-0.3, -0.25) is 14.5 Å². The minimum atomic E-state index is -0.208. The first-order chi connectivity index (χ1) is 10.1. The summed E-state index contributed by atoms with van der Waals surface area (Å²) in [5.41, 5.74) is 2.74. The highest BCUT2D eigenvalue weighted by molar-refractivity contribution is 6.02. The van der Waals surface area contributed by atoms with E-state index in [0.29, 0.717) is 17.4 Å². The Morgan fingerprint density at radius 2 is 2.19 bits per heavy atom. The lowest BCUT2D eigenvalue weighted by Gasteiger charge is -2.11. The molecule has 0 fully saturated rings. The topological polar surface area (TPSA) is 59.8 Å². The minimum Gasteiger partial charge on any atom is -0.304 e. The maximum Gasteiger partial charge on any atom is 0.275 e. The molecule has 0 aromatic carbocycles. The van der Waals surface area contributed by atoms with Crippen LogP contribution in [0.4, 0.5) is 5.82 Å². The molecule has 3 rings (SSSR count). The van der Waals surface area contributed by atoms with Gasteiger partial charge in [-0.2, -0.15) is 5.10 Å². The van der Waals surface area contributed by atoms with Gasteiger partial charge in [-0.15, -0.1) is 0 Å². The number of anilines is 1. The maximum absolute atomic E-state index is 12.2. The number of fused-ring (bicyclic) bond motifs is 1. The Hall–Kier alpha value is -2.17. The highest BCUT2D eigenvalue weighted by atomic mass is 16.1. The van der Waals surface area contributed by atoms with E-state index in [1.165, 1.54) is 12.1 Å². The lowest BCUT2D eigenvalue weighted by molar-refractivity contribution is 0.102. The number of aromatic nitrogens is 3. The van der Waals surface area contributed by atoms with Crippen molar-refractivity contribution in [1.82, 2.24) is 14.8 Å². The van der Waals surface area contributed by atoms with Gasteiger partial charge < -0.3 is 5.32 Å². The summed E-state index contributed by atoms with van der Waals surface area (Å²) in [6.45, 7) is 5.14. The molecule has 1 amide bonds. The molecule has 0 saturated carbocycles. The van der Waals surface area contributed by atoms with Crippen molar-refractivity contribution < 1.29 is 4.79 Å². The number of aryl methyl sites for hydroxylation is 2. The molecule has 2 aromatic rings. The smallest absolute Gasteiger partial charge is 0.275 e. The Labute approximate surface area is 124 Å². The first-order valence-corrected chi connectivity index (χ1v) is 7.47. The molecular formula is C16H20N4O. The number of carbonyl (C=O) groups is 1. The van der Waals surface area contributed by atoms with Gasteiger partial charge in [-0.25, -0.2) is 0 Å². The van der Waals surface area contributed by atoms with Crippen LogP contribution in [-0.2, 0) is 13.0 Å². The number of hydrogen-bond acceptors (Lipinski definition) is 3. The number of carbonyl (C=O) groups excluding carboxylic acids is 1. The molecule has 0 spiro atoms. The summed E-state index contributed by atoms with van der Waals surface area (Å²) in [6, 6.07) is 5.67. The SMILES string of the molecule is CC(C)c1ccc(C(=O)Nc2cc3n(n2)CCCC3)nc1. The molecule has 3 heterocycles. The normalized spacial score (nSPS) is 14.0. The van der Waals surface area contributed by atoms with Crippen LogP contribution >= 0.6 is 0 Å². The third-order valence-corrected chi connectivity index (χ3v) is 3.84. The summed E-state index contributed by atoms with van der Waals surface area (Å²) in [5, 5.41) is 7.25. The van der Waals surface area contributed by atoms with E-state index in [2.05, 4.69) is 29.2 Å². The lowest BCUT2D eigenvalue weighted by Crippen LogP contribution is -2.15. The van der Waals surface area contributed by atoms with Crippen molar-refractivity contribution in [3.63, 3.8) is 0 Å². The second kappa shape index (κ2) is 5.68. The summed E-state index contributed by atoms with van der Waals surface area (Å²) in [6.07, 6.45) is 5.14. The zero-order valence-electron chi connectivity index (χ0n) is 12.5. The average molecular weight is 284 g/mol. The van der Waals surface area contributed by atoms with Gasteiger partial charge in [-0.1, -0.05) is 19.9 Å². The van der Waals surface area contributed by atoms with Crippen molar-refractivity contribution in [3.05, 3.63) is 41.3 Å². The van der Waals surface area contributed by atoms with Crippen LogP contribution in [0.3, 0.4) is 0 Å². The van der Waals surface area contributed by atoms with E-state index < -0.39 is 0 Å². The maximum atomic E-state index is 12.2. The molecule has 1 aliphatic heterocycles. The van der Waals surface area contributed by atoms with Crippen LogP contribution in [0.5, 0.6) is 0 Å². The number of nitrogens with zero attached hydrogens (tertiary/aromatic N) is 3. The largest absolute Gasteiger partial charge is 0.304 e. The Morgan fingerprint density at radius 1 is 1.33 bits per heavy atom. The van der Waals surface area contributed by atoms with Gasteiger partial charge in [0, 0.05) is 24.5 Å². The van der Waals surface area contributed by atoms with Crippen molar-refractivity contribution in [1.29, 1.82) is 0 Å². The quantitative estimate of drug-likeness (QED) is 0.942. The highest BCUT2D eigenvalue weighted by Gasteiger charge is 2.15. The fraction of sp³-hybridized carbons (Fsp3) is 0.438. The number of pyridine rings is 1. The Balaban J connectivity index is 1.72. The van der Waals surface area contributed by atoms with Gasteiger partial charge in [0.1, 0.15) is 5.69 Å². The van der Waals surface area contributed by atoms with Gasteiger partial charge in [-0.05, 0) is 36.8 Å². The van der Waals surface area contributed by atoms with Gasteiger partial charge in [0.05, 0.1) is 0 Å². The zero-order valence-corrected chi connectivity index (χ0v) is 12.5. The van der Waals surface area contributed by atoms with Crippen LogP contribution in [0.15, 0.2) is 24.4 Å². The van der Waals surface area contributed by atoms with Gasteiger partial charge >= 0.3 is 0 Å². The first kappa shape index (κ1) is 13.8. The van der Waals surface area contributed by atoms with Crippen molar-refractivity contribution in [2.24, 2.45) is 0 Å². The minimum absolute atomic E-state index is 0.208. The average Bonchev–Trinajstić information content (AvgIpc) is 2.89. The molecule has 21 heavy (non-hydrogen) atoms. The fourth-order valence-corrected chi connectivity index (χ4v) is 2.54. The summed E-state index contributed by atoms with van der Waals surface area (Å²) in [4.78, 5) is 16.4. The molecule has 1 N–H and O–H groups in total. The van der Waals surface area contributed by atoms with Gasteiger partial charge in [0.25, 0.3) is 5.91 Å². The van der Waals surface area contributed by atoms with Gasteiger partial charge in [0.2, 0.25) is 0 Å².